The summed E-state index contributed by atoms with van der Waals surface area (Å²) in [6, 6.07) is -0.799. The molecule has 2 N–H and O–H groups in total. The van der Waals surface area contributed by atoms with E-state index in [1.807, 2.05) is 6.92 Å². The van der Waals surface area contributed by atoms with Gasteiger partial charge < -0.3 is 14.8 Å². The summed E-state index contributed by atoms with van der Waals surface area (Å²) in [5.41, 5.74) is 4.20. The number of fused-ring (bicyclic) bond motifs is 3. The van der Waals surface area contributed by atoms with Gasteiger partial charge in [0.2, 0.25) is 5.88 Å². The first-order valence-electron chi connectivity index (χ1n) is 10.4. The third kappa shape index (κ3) is 3.45. The highest BCUT2D eigenvalue weighted by Gasteiger charge is 2.37. The molecule has 0 saturated heterocycles. The number of amides is 2. The van der Waals surface area contributed by atoms with Gasteiger partial charge in [-0.2, -0.15) is 5.10 Å². The maximum atomic E-state index is 12.9. The number of sulfonamides is 1. The van der Waals surface area contributed by atoms with Crippen LogP contribution in [0.3, 0.4) is 0 Å². The number of ether oxygens (including phenoxy) is 2. The number of aromatic nitrogens is 3. The summed E-state index contributed by atoms with van der Waals surface area (Å²) in [6.07, 6.45) is 6.60. The van der Waals surface area contributed by atoms with Crippen LogP contribution in [-0.4, -0.2) is 48.5 Å². The Balaban J connectivity index is 1.38. The molecule has 5 rings (SSSR count). The van der Waals surface area contributed by atoms with Gasteiger partial charge in [-0.05, 0) is 56.6 Å². The van der Waals surface area contributed by atoms with E-state index < -0.39 is 21.7 Å². The molecular formula is C20H25N5O5S. The van der Waals surface area contributed by atoms with Crippen LogP contribution >= 0.6 is 0 Å². The van der Waals surface area contributed by atoms with E-state index in [1.165, 1.54) is 10.9 Å². The summed E-state index contributed by atoms with van der Waals surface area (Å²) in [5, 5.41) is 6.91. The van der Waals surface area contributed by atoms with Crippen molar-refractivity contribution in [2.45, 2.75) is 62.5 Å². The van der Waals surface area contributed by atoms with Gasteiger partial charge >= 0.3 is 6.03 Å². The molecule has 3 aliphatic rings. The van der Waals surface area contributed by atoms with Crippen molar-refractivity contribution in [2.24, 2.45) is 0 Å². The number of nitrogens with one attached hydrogen (secondary N) is 2. The van der Waals surface area contributed by atoms with Crippen molar-refractivity contribution >= 4 is 21.7 Å². The van der Waals surface area contributed by atoms with Crippen molar-refractivity contribution in [3.8, 4) is 5.88 Å². The highest BCUT2D eigenvalue weighted by atomic mass is 32.2. The van der Waals surface area contributed by atoms with Crippen LogP contribution in [0.1, 0.15) is 42.3 Å². The number of hydrogen-bond donors (Lipinski definition) is 2. The molecule has 0 fully saturated rings. The van der Waals surface area contributed by atoms with Crippen molar-refractivity contribution in [3.05, 3.63) is 28.7 Å². The first-order valence-corrected chi connectivity index (χ1v) is 11.9. The maximum Gasteiger partial charge on any atom is 0.333 e. The van der Waals surface area contributed by atoms with E-state index in [4.69, 9.17) is 14.5 Å². The molecule has 0 bridgehead atoms. The Morgan fingerprint density at radius 1 is 1.19 bits per heavy atom. The summed E-state index contributed by atoms with van der Waals surface area (Å²) in [4.78, 5) is 17.3. The molecule has 1 unspecified atom stereocenters. The van der Waals surface area contributed by atoms with Gasteiger partial charge in [0, 0.05) is 18.5 Å². The van der Waals surface area contributed by atoms with E-state index in [-0.39, 0.29) is 17.4 Å². The number of anilines is 1. The number of aryl methyl sites for hydroxylation is 2. The lowest BCUT2D eigenvalue weighted by Gasteiger charge is -2.32. The Morgan fingerprint density at radius 3 is 2.52 bits per heavy atom. The summed E-state index contributed by atoms with van der Waals surface area (Å²) in [6.45, 7) is 2.37. The fourth-order valence-electron chi connectivity index (χ4n) is 4.56. The Kier molecular flexibility index (Phi) is 4.70. The summed E-state index contributed by atoms with van der Waals surface area (Å²) >= 11 is 0. The SMILES string of the molecule is COC1(C)COc2c(S(=O)(=O)NC(=O)Nc3c4c(nc5c3CCC5)CCC4)cnn2C1. The van der Waals surface area contributed by atoms with Crippen LogP contribution in [0.2, 0.25) is 0 Å². The van der Waals surface area contributed by atoms with Crippen LogP contribution in [0.4, 0.5) is 10.5 Å². The number of urea groups is 1. The van der Waals surface area contributed by atoms with Gasteiger partial charge in [0.1, 0.15) is 12.2 Å². The zero-order valence-electron chi connectivity index (χ0n) is 17.5. The van der Waals surface area contributed by atoms with Crippen LogP contribution in [0, 0.1) is 0 Å². The molecule has 2 amide bonds. The zero-order valence-corrected chi connectivity index (χ0v) is 18.3. The average Bonchev–Trinajstić information content (AvgIpc) is 3.46. The third-order valence-electron chi connectivity index (χ3n) is 6.26. The normalized spacial score (nSPS) is 21.7. The monoisotopic (exact) mass is 447 g/mol. The van der Waals surface area contributed by atoms with Gasteiger partial charge in [-0.25, -0.2) is 22.6 Å². The number of nitrogens with zero attached hydrogens (tertiary/aromatic N) is 3. The average molecular weight is 448 g/mol. The Labute approximate surface area is 180 Å². The molecule has 10 nitrogen and oxygen atoms in total. The van der Waals surface area contributed by atoms with Gasteiger partial charge in [0.25, 0.3) is 10.0 Å². The fourth-order valence-corrected chi connectivity index (χ4v) is 5.54. The van der Waals surface area contributed by atoms with Crippen molar-refractivity contribution in [2.75, 3.05) is 19.0 Å². The number of rotatable bonds is 4. The predicted octanol–water partition coefficient (Wildman–Crippen LogP) is 1.56. The van der Waals surface area contributed by atoms with E-state index in [1.54, 1.807) is 7.11 Å². The smallest absolute Gasteiger partial charge is 0.333 e. The second kappa shape index (κ2) is 7.20. The maximum absolute atomic E-state index is 12.9. The van der Waals surface area contributed by atoms with Crippen LogP contribution in [0.15, 0.2) is 11.1 Å². The Hall–Kier alpha value is -2.66. The van der Waals surface area contributed by atoms with E-state index in [9.17, 15) is 13.2 Å². The van der Waals surface area contributed by atoms with E-state index >= 15 is 0 Å². The molecule has 0 radical (unpaired) electrons. The molecule has 2 aliphatic carbocycles. The largest absolute Gasteiger partial charge is 0.474 e. The molecular weight excluding hydrogens is 422 g/mol. The second-order valence-corrected chi connectivity index (χ2v) is 10.2. The Bertz CT molecular complexity index is 1140. The van der Waals surface area contributed by atoms with Gasteiger partial charge in [0.05, 0.1) is 18.4 Å². The molecule has 1 atom stereocenters. The minimum absolute atomic E-state index is 0.0977. The minimum atomic E-state index is -4.18. The van der Waals surface area contributed by atoms with Crippen LogP contribution in [0.25, 0.3) is 0 Å². The van der Waals surface area contributed by atoms with E-state index in [2.05, 4.69) is 15.1 Å². The van der Waals surface area contributed by atoms with Crippen molar-refractivity contribution in [3.63, 3.8) is 0 Å². The second-order valence-electron chi connectivity index (χ2n) is 8.52. The lowest BCUT2D eigenvalue weighted by atomic mass is 10.1. The number of carbonyl (C=O) groups excluding carboxylic acids is 1. The highest BCUT2D eigenvalue weighted by Crippen LogP contribution is 2.37. The molecule has 2 aromatic heterocycles. The number of carbonyl (C=O) groups is 1. The molecule has 11 heteroatoms. The van der Waals surface area contributed by atoms with Gasteiger partial charge in [-0.1, -0.05) is 0 Å². The number of methoxy groups -OCH3 is 1. The molecule has 0 aromatic carbocycles. The fraction of sp³-hybridized carbons (Fsp3) is 0.550. The minimum Gasteiger partial charge on any atom is -0.474 e. The van der Waals surface area contributed by atoms with Gasteiger partial charge in [-0.3, -0.25) is 4.98 Å². The zero-order chi connectivity index (χ0) is 21.8. The van der Waals surface area contributed by atoms with Crippen molar-refractivity contribution in [1.29, 1.82) is 0 Å². The summed E-state index contributed by atoms with van der Waals surface area (Å²) < 4.78 is 40.4. The van der Waals surface area contributed by atoms with Gasteiger partial charge in [0.15, 0.2) is 4.90 Å². The number of pyridine rings is 1. The molecule has 0 saturated carbocycles. The summed E-state index contributed by atoms with van der Waals surface area (Å²) in [7, 11) is -2.61. The lowest BCUT2D eigenvalue weighted by Crippen LogP contribution is -2.44. The molecule has 1 aliphatic heterocycles. The van der Waals surface area contributed by atoms with Crippen LogP contribution in [-0.2, 0) is 47.0 Å². The Morgan fingerprint density at radius 2 is 1.87 bits per heavy atom. The third-order valence-corrected chi connectivity index (χ3v) is 7.57. The lowest BCUT2D eigenvalue weighted by molar-refractivity contribution is -0.0654. The van der Waals surface area contributed by atoms with Crippen molar-refractivity contribution in [1.82, 2.24) is 19.5 Å². The number of hydrogen-bond acceptors (Lipinski definition) is 7. The molecule has 31 heavy (non-hydrogen) atoms. The predicted molar refractivity (Wildman–Crippen MR) is 111 cm³/mol. The van der Waals surface area contributed by atoms with Gasteiger partial charge in [-0.15, -0.1) is 0 Å². The molecule has 2 aromatic rings. The van der Waals surface area contributed by atoms with E-state index in [0.29, 0.717) is 6.54 Å². The highest BCUT2D eigenvalue weighted by molar-refractivity contribution is 7.90. The van der Waals surface area contributed by atoms with Crippen LogP contribution < -0.4 is 14.8 Å². The first-order chi connectivity index (χ1) is 14.8. The quantitative estimate of drug-likeness (QED) is 0.729. The van der Waals surface area contributed by atoms with Crippen LogP contribution in [0.5, 0.6) is 5.88 Å². The standard InChI is InChI=1S/C20H25N5O5S/c1-20(29-2)10-25-18(30-11-20)16(9-21-25)31(27,28)24-19(26)23-17-12-5-3-7-14(12)22-15-8-4-6-13(15)17/h9H,3-8,10-11H2,1-2H3,(H2,22,23,24,26). The van der Waals surface area contributed by atoms with E-state index in [0.717, 1.165) is 66.7 Å². The molecule has 166 valence electrons. The first kappa shape index (κ1) is 20.3. The molecule has 3 heterocycles. The van der Waals surface area contributed by atoms with Crippen molar-refractivity contribution < 1.29 is 22.7 Å². The molecule has 0 spiro atoms. The topological polar surface area (TPSA) is 124 Å². The summed E-state index contributed by atoms with van der Waals surface area (Å²) in [5.74, 6) is 0.0977.